The third-order valence-corrected chi connectivity index (χ3v) is 7.24. The van der Waals surface area contributed by atoms with E-state index in [9.17, 15) is 17.2 Å². The molecule has 1 aliphatic heterocycles. The highest BCUT2D eigenvalue weighted by Crippen LogP contribution is 2.32. The van der Waals surface area contributed by atoms with E-state index in [0.29, 0.717) is 42.6 Å². The lowest BCUT2D eigenvalue weighted by Crippen LogP contribution is -2.47. The number of nitrogens with zero attached hydrogens (tertiary/aromatic N) is 1. The maximum Gasteiger partial charge on any atom is 0.493 e. The first-order valence-electron chi connectivity index (χ1n) is 9.53. The molecule has 0 spiro atoms. The van der Waals surface area contributed by atoms with E-state index in [0.717, 1.165) is 12.3 Å². The van der Waals surface area contributed by atoms with Gasteiger partial charge in [0.25, 0.3) is 0 Å². The van der Waals surface area contributed by atoms with Crippen LogP contribution in [0.4, 0.5) is 8.78 Å². The van der Waals surface area contributed by atoms with Crippen LogP contribution in [-0.2, 0) is 24.9 Å². The molecule has 0 bridgehead atoms. The Hall–Kier alpha value is -1.84. The first kappa shape index (κ1) is 20.4. The lowest BCUT2D eigenvalue weighted by Gasteiger charge is -2.33. The summed E-state index contributed by atoms with van der Waals surface area (Å²) in [5.74, 6) is -1.75. The van der Waals surface area contributed by atoms with Crippen LogP contribution in [0.2, 0.25) is 0 Å². The van der Waals surface area contributed by atoms with E-state index in [1.165, 1.54) is 0 Å². The maximum atomic E-state index is 14.3. The zero-order valence-corrected chi connectivity index (χ0v) is 17.1. The van der Waals surface area contributed by atoms with Crippen molar-refractivity contribution >= 4 is 22.4 Å². The molecule has 2 aliphatic rings. The predicted octanol–water partition coefficient (Wildman–Crippen LogP) is 2.87. The average Bonchev–Trinajstić information content (AvgIpc) is 3.46. The minimum Gasteiger partial charge on any atom is -0.407 e. The Morgan fingerprint density at radius 2 is 1.83 bits per heavy atom. The molecule has 1 aromatic carbocycles. The lowest BCUT2D eigenvalue weighted by atomic mass is 9.74. The molecule has 2 aromatic rings. The number of benzene rings is 1. The van der Waals surface area contributed by atoms with Crippen LogP contribution in [0.3, 0.4) is 0 Å². The molecular weight excluding hydrogens is 399 g/mol. The van der Waals surface area contributed by atoms with Gasteiger partial charge in [-0.2, -0.15) is 0 Å². The first-order valence-corrected chi connectivity index (χ1v) is 11.2. The first-order chi connectivity index (χ1) is 13.6. The van der Waals surface area contributed by atoms with Crippen LogP contribution < -0.4 is 5.46 Å². The van der Waals surface area contributed by atoms with Gasteiger partial charge >= 0.3 is 7.12 Å². The molecule has 1 aliphatic carbocycles. The summed E-state index contributed by atoms with van der Waals surface area (Å²) in [6.07, 6.45) is 2.28. The summed E-state index contributed by atoms with van der Waals surface area (Å²) in [4.78, 5) is 3.86. The highest BCUT2D eigenvalue weighted by atomic mass is 32.2. The van der Waals surface area contributed by atoms with Crippen LogP contribution >= 0.6 is 0 Å². The Bertz CT molecular complexity index is 1030. The van der Waals surface area contributed by atoms with E-state index in [4.69, 9.17) is 9.31 Å². The molecule has 4 rings (SSSR count). The zero-order chi connectivity index (χ0) is 20.8. The minimum atomic E-state index is -3.28. The number of hydrogen-bond acceptors (Lipinski definition) is 5. The van der Waals surface area contributed by atoms with E-state index < -0.39 is 28.6 Å². The molecule has 9 heteroatoms. The molecule has 0 atom stereocenters. The Morgan fingerprint density at radius 3 is 2.45 bits per heavy atom. The van der Waals surface area contributed by atoms with Gasteiger partial charge in [-0.25, -0.2) is 17.2 Å². The molecule has 1 saturated heterocycles. The second-order valence-electron chi connectivity index (χ2n) is 8.57. The summed E-state index contributed by atoms with van der Waals surface area (Å²) in [7, 11) is -3.96. The van der Waals surface area contributed by atoms with Gasteiger partial charge in [-0.05, 0) is 29.9 Å². The summed E-state index contributed by atoms with van der Waals surface area (Å²) < 4.78 is 64.2. The Labute approximate surface area is 169 Å². The Kier molecular flexibility index (Phi) is 5.25. The number of pyridine rings is 1. The molecule has 2 heterocycles. The topological polar surface area (TPSA) is 65.5 Å². The van der Waals surface area contributed by atoms with Gasteiger partial charge in [0.1, 0.15) is 11.5 Å². The van der Waals surface area contributed by atoms with E-state index in [2.05, 4.69) is 4.98 Å². The van der Waals surface area contributed by atoms with Crippen molar-refractivity contribution in [3.63, 3.8) is 0 Å². The van der Waals surface area contributed by atoms with Gasteiger partial charge in [0, 0.05) is 30.3 Å². The van der Waals surface area contributed by atoms with Crippen molar-refractivity contribution in [3.8, 4) is 11.3 Å². The van der Waals surface area contributed by atoms with Crippen LogP contribution in [0.5, 0.6) is 0 Å². The van der Waals surface area contributed by atoms with Crippen molar-refractivity contribution in [2.75, 3.05) is 13.2 Å². The molecular formula is C20H22BF2NO4S. The Balaban J connectivity index is 1.73. The van der Waals surface area contributed by atoms with Crippen LogP contribution in [-0.4, -0.2) is 39.0 Å². The molecule has 1 aromatic heterocycles. The normalized spacial score (nSPS) is 19.4. The molecule has 0 radical (unpaired) electrons. The highest BCUT2D eigenvalue weighted by Gasteiger charge is 2.37. The van der Waals surface area contributed by atoms with E-state index >= 15 is 0 Å². The minimum absolute atomic E-state index is 0.0468. The summed E-state index contributed by atoms with van der Waals surface area (Å²) in [5, 5.41) is -0.307. The molecule has 154 valence electrons. The van der Waals surface area contributed by atoms with Gasteiger partial charge in [0.15, 0.2) is 15.7 Å². The summed E-state index contributed by atoms with van der Waals surface area (Å²) >= 11 is 0. The van der Waals surface area contributed by atoms with E-state index in [1.807, 2.05) is 13.8 Å². The zero-order valence-electron chi connectivity index (χ0n) is 16.3. The largest absolute Gasteiger partial charge is 0.493 e. The highest BCUT2D eigenvalue weighted by molar-refractivity contribution is 7.91. The number of aromatic nitrogens is 1. The van der Waals surface area contributed by atoms with Crippen LogP contribution in [0.25, 0.3) is 11.3 Å². The van der Waals surface area contributed by atoms with Gasteiger partial charge in [-0.1, -0.05) is 26.0 Å². The predicted molar refractivity (Wildman–Crippen MR) is 106 cm³/mol. The van der Waals surface area contributed by atoms with Crippen LogP contribution in [0.1, 0.15) is 32.3 Å². The fraction of sp³-hybridized carbons (Fsp3) is 0.450. The molecule has 0 N–H and O–H groups in total. The third kappa shape index (κ3) is 4.68. The second-order valence-corrected chi connectivity index (χ2v) is 10.9. The smallest absolute Gasteiger partial charge is 0.407 e. The average molecular weight is 421 g/mol. The lowest BCUT2D eigenvalue weighted by molar-refractivity contribution is 0.0343. The standard InChI is InChI=1S/C20H22BF2NO4S/c1-20(2)11-27-21(28-12-20)15-6-13(10-29(25,26)17-3-4-17)5-14(7-15)19-18(23)8-16(22)9-24-19/h5-9,17H,3-4,10-12H2,1-2H3. The SMILES string of the molecule is CC1(C)COB(c2cc(CS(=O)(=O)C3CC3)cc(-c3ncc(F)cc3F)c2)OC1. The fourth-order valence-electron chi connectivity index (χ4n) is 3.36. The number of rotatable bonds is 5. The van der Waals surface area contributed by atoms with Crippen molar-refractivity contribution < 1.29 is 26.5 Å². The number of hydrogen-bond donors (Lipinski definition) is 0. The van der Waals surface area contributed by atoms with Crippen molar-refractivity contribution in [2.45, 2.75) is 37.7 Å². The number of sulfone groups is 1. The van der Waals surface area contributed by atoms with Crippen LogP contribution in [0, 0.1) is 17.0 Å². The van der Waals surface area contributed by atoms with Crippen molar-refractivity contribution in [3.05, 3.63) is 47.7 Å². The molecule has 1 saturated carbocycles. The quantitative estimate of drug-likeness (QED) is 0.695. The Morgan fingerprint density at radius 1 is 1.14 bits per heavy atom. The van der Waals surface area contributed by atoms with Gasteiger partial charge in [0.2, 0.25) is 0 Å². The number of halogens is 2. The summed E-state index contributed by atoms with van der Waals surface area (Å²) in [6, 6.07) is 5.71. The van der Waals surface area contributed by atoms with Gasteiger partial charge < -0.3 is 9.31 Å². The second kappa shape index (κ2) is 7.45. The van der Waals surface area contributed by atoms with Crippen molar-refractivity contribution in [1.29, 1.82) is 0 Å². The monoisotopic (exact) mass is 421 g/mol. The van der Waals surface area contributed by atoms with Gasteiger partial charge in [0.05, 0.1) is 17.2 Å². The van der Waals surface area contributed by atoms with Gasteiger partial charge in [-0.15, -0.1) is 0 Å². The summed E-state index contributed by atoms with van der Waals surface area (Å²) in [6.45, 7) is 4.98. The van der Waals surface area contributed by atoms with Crippen LogP contribution in [0.15, 0.2) is 30.5 Å². The van der Waals surface area contributed by atoms with Crippen molar-refractivity contribution in [2.24, 2.45) is 5.41 Å². The van der Waals surface area contributed by atoms with Gasteiger partial charge in [-0.3, -0.25) is 4.98 Å². The molecule has 29 heavy (non-hydrogen) atoms. The third-order valence-electron chi connectivity index (χ3n) is 5.02. The molecule has 2 fully saturated rings. The van der Waals surface area contributed by atoms with E-state index in [1.54, 1.807) is 18.2 Å². The van der Waals surface area contributed by atoms with Crippen molar-refractivity contribution in [1.82, 2.24) is 4.98 Å². The van der Waals surface area contributed by atoms with E-state index in [-0.39, 0.29) is 22.1 Å². The molecule has 0 amide bonds. The fourth-order valence-corrected chi connectivity index (χ4v) is 5.08. The molecule has 0 unspecified atom stereocenters. The maximum absolute atomic E-state index is 14.3. The molecule has 5 nitrogen and oxygen atoms in total. The summed E-state index contributed by atoms with van der Waals surface area (Å²) in [5.41, 5.74) is 1.28.